The molecule has 0 unspecified atom stereocenters. The number of rotatable bonds is 5. The van der Waals surface area contributed by atoms with E-state index in [2.05, 4.69) is 5.32 Å². The van der Waals surface area contributed by atoms with E-state index in [-0.39, 0.29) is 6.54 Å². The summed E-state index contributed by atoms with van der Waals surface area (Å²) in [4.78, 5) is 37.5. The normalized spacial score (nSPS) is 10.5. The molecule has 7 heteroatoms. The molecule has 28 heavy (non-hydrogen) atoms. The molecule has 3 aromatic rings. The lowest BCUT2D eigenvalue weighted by molar-refractivity contribution is -0.116. The highest BCUT2D eigenvalue weighted by Crippen LogP contribution is 2.22. The van der Waals surface area contributed by atoms with Crippen molar-refractivity contribution in [2.45, 2.75) is 20.4 Å². The van der Waals surface area contributed by atoms with E-state index >= 15 is 0 Å². The van der Waals surface area contributed by atoms with Crippen LogP contribution in [0.4, 0.5) is 5.69 Å². The number of nitrogens with one attached hydrogen (secondary N) is 1. The second kappa shape index (κ2) is 7.96. The molecule has 3 rings (SSSR count). The van der Waals surface area contributed by atoms with Crippen molar-refractivity contribution in [3.05, 3.63) is 86.7 Å². The number of hydrogen-bond donors (Lipinski definition) is 1. The summed E-state index contributed by atoms with van der Waals surface area (Å²) in [5, 5.41) is 2.69. The Labute approximate surface area is 161 Å². The summed E-state index contributed by atoms with van der Waals surface area (Å²) in [5.74, 6) is 0.0736. The lowest BCUT2D eigenvalue weighted by Crippen LogP contribution is -2.42. The van der Waals surface area contributed by atoms with E-state index < -0.39 is 17.0 Å². The molecule has 7 nitrogen and oxygen atoms in total. The molecule has 144 valence electrons. The van der Waals surface area contributed by atoms with Gasteiger partial charge < -0.3 is 10.1 Å². The Morgan fingerprint density at radius 2 is 1.64 bits per heavy atom. The first-order chi connectivity index (χ1) is 13.4. The fourth-order valence-electron chi connectivity index (χ4n) is 3.09. The van der Waals surface area contributed by atoms with Crippen LogP contribution < -0.4 is 21.2 Å². The molecule has 0 radical (unpaired) electrons. The molecule has 1 amide bonds. The molecular formula is C21H21N3O4. The fourth-order valence-corrected chi connectivity index (χ4v) is 3.09. The maximum atomic E-state index is 12.6. The quantitative estimate of drug-likeness (QED) is 0.690. The molecule has 0 aliphatic heterocycles. The number of ether oxygens (including phenoxy) is 1. The molecule has 0 fully saturated rings. The van der Waals surface area contributed by atoms with E-state index in [0.717, 1.165) is 15.7 Å². The third-order valence-corrected chi connectivity index (χ3v) is 4.43. The van der Waals surface area contributed by atoms with Crippen LogP contribution >= 0.6 is 0 Å². The van der Waals surface area contributed by atoms with Gasteiger partial charge in [0.25, 0.3) is 0 Å². The van der Waals surface area contributed by atoms with Crippen LogP contribution in [-0.2, 0) is 11.3 Å². The Bertz CT molecular complexity index is 1120. The Hall–Kier alpha value is -3.61. The fraction of sp³-hybridized carbons (Fsp3) is 0.190. The monoisotopic (exact) mass is 379 g/mol. The molecule has 0 saturated carbocycles. The molecular weight excluding hydrogens is 358 g/mol. The molecule has 1 aromatic heterocycles. The minimum atomic E-state index is -0.764. The summed E-state index contributed by atoms with van der Waals surface area (Å²) >= 11 is 0. The number of para-hydroxylation sites is 3. The molecule has 0 aliphatic rings. The first kappa shape index (κ1) is 19.2. The second-order valence-corrected chi connectivity index (χ2v) is 6.40. The zero-order chi connectivity index (χ0) is 20.3. The molecule has 0 spiro atoms. The highest BCUT2D eigenvalue weighted by Gasteiger charge is 2.13. The number of nitrogens with zero attached hydrogens (tertiary/aromatic N) is 2. The van der Waals surface area contributed by atoms with Crippen molar-refractivity contribution in [3.63, 3.8) is 0 Å². The molecule has 1 heterocycles. The van der Waals surface area contributed by atoms with Crippen molar-refractivity contribution in [2.24, 2.45) is 0 Å². The van der Waals surface area contributed by atoms with E-state index in [1.165, 1.54) is 24.1 Å². The Balaban J connectivity index is 1.89. The van der Waals surface area contributed by atoms with E-state index in [1.807, 2.05) is 32.0 Å². The summed E-state index contributed by atoms with van der Waals surface area (Å²) in [7, 11) is 1.50. The van der Waals surface area contributed by atoms with Gasteiger partial charge in [-0.1, -0.05) is 30.3 Å². The Morgan fingerprint density at radius 3 is 2.32 bits per heavy atom. The lowest BCUT2D eigenvalue weighted by Gasteiger charge is -2.14. The van der Waals surface area contributed by atoms with Gasteiger partial charge in [-0.2, -0.15) is 0 Å². The van der Waals surface area contributed by atoms with Gasteiger partial charge in [0.1, 0.15) is 12.3 Å². The van der Waals surface area contributed by atoms with E-state index in [4.69, 9.17) is 4.74 Å². The number of aromatic nitrogens is 2. The van der Waals surface area contributed by atoms with Crippen LogP contribution in [0.2, 0.25) is 0 Å². The maximum Gasteiger partial charge on any atom is 0.321 e. The van der Waals surface area contributed by atoms with Gasteiger partial charge in [0.05, 0.1) is 18.5 Å². The van der Waals surface area contributed by atoms with Crippen molar-refractivity contribution in [1.82, 2.24) is 9.13 Å². The topological polar surface area (TPSA) is 82.3 Å². The number of benzene rings is 2. The molecule has 2 aromatic carbocycles. The zero-order valence-corrected chi connectivity index (χ0v) is 15.9. The van der Waals surface area contributed by atoms with Gasteiger partial charge >= 0.3 is 11.1 Å². The third-order valence-electron chi connectivity index (χ3n) is 4.43. The molecule has 0 bridgehead atoms. The van der Waals surface area contributed by atoms with Crippen LogP contribution in [0.25, 0.3) is 5.69 Å². The summed E-state index contributed by atoms with van der Waals surface area (Å²) in [5.41, 5.74) is 1.47. The van der Waals surface area contributed by atoms with E-state index in [1.54, 1.807) is 24.3 Å². The number of anilines is 1. The smallest absolute Gasteiger partial charge is 0.321 e. The summed E-state index contributed by atoms with van der Waals surface area (Å²) in [6, 6.07) is 12.6. The highest BCUT2D eigenvalue weighted by atomic mass is 16.5. The number of aryl methyl sites for hydroxylation is 2. The van der Waals surface area contributed by atoms with Crippen molar-refractivity contribution in [2.75, 3.05) is 12.4 Å². The van der Waals surface area contributed by atoms with Crippen LogP contribution in [0.1, 0.15) is 11.1 Å². The maximum absolute atomic E-state index is 12.6. The van der Waals surface area contributed by atoms with Crippen LogP contribution in [0.5, 0.6) is 5.75 Å². The highest BCUT2D eigenvalue weighted by molar-refractivity contribution is 5.92. The van der Waals surface area contributed by atoms with Gasteiger partial charge in [0.15, 0.2) is 0 Å². The number of amides is 1. The average molecular weight is 379 g/mol. The van der Waals surface area contributed by atoms with Crippen LogP contribution in [0.3, 0.4) is 0 Å². The predicted octanol–water partition coefficient (Wildman–Crippen LogP) is 2.26. The summed E-state index contributed by atoms with van der Waals surface area (Å²) in [6.07, 6.45) is 2.95. The SMILES string of the molecule is COc1ccccc1NC(=O)Cn1ccn(-c2c(C)cccc2C)c(=O)c1=O. The van der Waals surface area contributed by atoms with E-state index in [0.29, 0.717) is 17.1 Å². The van der Waals surface area contributed by atoms with Gasteiger partial charge in [-0.25, -0.2) is 0 Å². The largest absolute Gasteiger partial charge is 0.495 e. The molecule has 0 atom stereocenters. The number of carbonyl (C=O) groups is 1. The van der Waals surface area contributed by atoms with Crippen molar-refractivity contribution < 1.29 is 9.53 Å². The van der Waals surface area contributed by atoms with Gasteiger partial charge in [-0.3, -0.25) is 23.5 Å². The van der Waals surface area contributed by atoms with Crippen LogP contribution in [0.15, 0.2) is 64.4 Å². The lowest BCUT2D eigenvalue weighted by atomic mass is 10.1. The molecule has 0 aliphatic carbocycles. The first-order valence-electron chi connectivity index (χ1n) is 8.74. The van der Waals surface area contributed by atoms with Gasteiger partial charge in [0.2, 0.25) is 5.91 Å². The first-order valence-corrected chi connectivity index (χ1v) is 8.74. The standard InChI is InChI=1S/C21H21N3O4/c1-14-7-6-8-15(2)19(14)24-12-11-23(20(26)21(24)27)13-18(25)22-16-9-4-5-10-17(16)28-3/h4-12H,13H2,1-3H3,(H,22,25). The average Bonchev–Trinajstić information content (AvgIpc) is 2.67. The molecule has 0 saturated heterocycles. The van der Waals surface area contributed by atoms with Crippen molar-refractivity contribution in [3.8, 4) is 11.4 Å². The minimum absolute atomic E-state index is 0.278. The van der Waals surface area contributed by atoms with Gasteiger partial charge in [0, 0.05) is 12.4 Å². The summed E-state index contributed by atoms with van der Waals surface area (Å²) < 4.78 is 7.61. The Morgan fingerprint density at radius 1 is 0.964 bits per heavy atom. The zero-order valence-electron chi connectivity index (χ0n) is 15.9. The number of hydrogen-bond acceptors (Lipinski definition) is 4. The van der Waals surface area contributed by atoms with Crippen molar-refractivity contribution >= 4 is 11.6 Å². The number of carbonyl (C=O) groups excluding carboxylic acids is 1. The Kier molecular flexibility index (Phi) is 5.44. The summed E-state index contributed by atoms with van der Waals surface area (Å²) in [6.45, 7) is 3.47. The number of methoxy groups -OCH3 is 1. The van der Waals surface area contributed by atoms with Gasteiger partial charge in [-0.15, -0.1) is 0 Å². The van der Waals surface area contributed by atoms with Crippen LogP contribution in [-0.4, -0.2) is 22.2 Å². The van der Waals surface area contributed by atoms with Gasteiger partial charge in [-0.05, 0) is 37.1 Å². The third kappa shape index (κ3) is 3.73. The molecule has 1 N–H and O–H groups in total. The van der Waals surface area contributed by atoms with Crippen molar-refractivity contribution in [1.29, 1.82) is 0 Å². The minimum Gasteiger partial charge on any atom is -0.495 e. The second-order valence-electron chi connectivity index (χ2n) is 6.40. The van der Waals surface area contributed by atoms with Crippen LogP contribution in [0, 0.1) is 13.8 Å². The predicted molar refractivity (Wildman–Crippen MR) is 107 cm³/mol. The van der Waals surface area contributed by atoms with E-state index in [9.17, 15) is 14.4 Å².